The lowest BCUT2D eigenvalue weighted by Gasteiger charge is -2.19. The Kier molecular flexibility index (Phi) is 7.51. The lowest BCUT2D eigenvalue weighted by atomic mass is 9.85. The molecule has 0 N–H and O–H groups in total. The Hall–Kier alpha value is -7.03. The number of rotatable bonds is 6. The lowest BCUT2D eigenvalue weighted by Crippen LogP contribution is -1.97. The highest BCUT2D eigenvalue weighted by Gasteiger charge is 2.19. The van der Waals surface area contributed by atoms with Gasteiger partial charge in [0.25, 0.3) is 0 Å². The Morgan fingerprint density at radius 1 is 0.302 bits per heavy atom. The lowest BCUT2D eigenvalue weighted by molar-refractivity contribution is 1.10. The summed E-state index contributed by atoms with van der Waals surface area (Å²) < 4.78 is 2.29. The third-order valence-electron chi connectivity index (χ3n) is 10.4. The summed E-state index contributed by atoms with van der Waals surface area (Å²) in [7, 11) is 0. The van der Waals surface area contributed by atoms with E-state index in [0.29, 0.717) is 0 Å². The summed E-state index contributed by atoms with van der Waals surface area (Å²) in [6, 6.07) is 74.0. The number of imidazole rings is 1. The highest BCUT2D eigenvalue weighted by atomic mass is 15.1. The van der Waals surface area contributed by atoms with Gasteiger partial charge in [-0.15, -0.1) is 0 Å². The van der Waals surface area contributed by atoms with Gasteiger partial charge < -0.3 is 0 Å². The molecule has 0 aliphatic carbocycles. The number of hydrogen-bond donors (Lipinski definition) is 0. The van der Waals surface area contributed by atoms with Crippen LogP contribution in [0.5, 0.6) is 0 Å². The van der Waals surface area contributed by atoms with E-state index >= 15 is 0 Å². The molecule has 0 saturated carbocycles. The molecule has 0 radical (unpaired) electrons. The van der Waals surface area contributed by atoms with Gasteiger partial charge in [0, 0.05) is 11.3 Å². The Balaban J connectivity index is 1.14. The van der Waals surface area contributed by atoms with Crippen LogP contribution < -0.4 is 0 Å². The van der Waals surface area contributed by atoms with Gasteiger partial charge in [0.2, 0.25) is 0 Å². The summed E-state index contributed by atoms with van der Waals surface area (Å²) in [5.74, 6) is 0.928. The minimum atomic E-state index is 0.928. The number of aromatic nitrogens is 2. The van der Waals surface area contributed by atoms with Gasteiger partial charge in [-0.25, -0.2) is 4.98 Å². The van der Waals surface area contributed by atoms with Crippen LogP contribution in [0.25, 0.3) is 94.2 Å². The first-order valence-corrected chi connectivity index (χ1v) is 18.1. The second-order valence-electron chi connectivity index (χ2n) is 13.5. The molecule has 0 spiro atoms. The molecule has 2 nitrogen and oxygen atoms in total. The molecule has 0 atom stereocenters. The highest BCUT2D eigenvalue weighted by molar-refractivity contribution is 6.22. The van der Waals surface area contributed by atoms with Crippen molar-refractivity contribution in [3.63, 3.8) is 0 Å². The van der Waals surface area contributed by atoms with Crippen LogP contribution >= 0.6 is 0 Å². The Morgan fingerprint density at radius 3 is 1.34 bits per heavy atom. The summed E-state index contributed by atoms with van der Waals surface area (Å²) in [5.41, 5.74) is 13.9. The average molecular weight is 675 g/mol. The van der Waals surface area contributed by atoms with Crippen molar-refractivity contribution in [3.05, 3.63) is 206 Å². The van der Waals surface area contributed by atoms with Crippen molar-refractivity contribution in [2.24, 2.45) is 0 Å². The SMILES string of the molecule is c1ccc(-c2ccc3c(c2)nc(-c2ccccc2)n3-c2ccc(-c3ccc4c(-c5ccccc5)c5ccccc5c(-c5ccccc5)c4c3)cc2)cc1. The van der Waals surface area contributed by atoms with Gasteiger partial charge in [0.1, 0.15) is 5.82 Å². The fourth-order valence-corrected chi connectivity index (χ4v) is 7.93. The van der Waals surface area contributed by atoms with E-state index in [1.807, 2.05) is 0 Å². The standard InChI is InChI=1S/C51H34N2/c1-5-15-35(16-6-1)41-28-32-48-47(34-41)52-51(39-21-11-4-12-22-39)53(48)42-29-25-36(26-30-42)40-27-31-45-46(33-40)50(38-19-9-3-10-20-38)44-24-14-13-23-43(44)49(45)37-17-7-2-8-18-37/h1-34H. The van der Waals surface area contributed by atoms with Gasteiger partial charge in [0.15, 0.2) is 0 Å². The number of hydrogen-bond acceptors (Lipinski definition) is 1. The molecule has 10 rings (SSSR count). The predicted octanol–water partition coefficient (Wildman–Crippen LogP) is 13.7. The molecule has 1 heterocycles. The third kappa shape index (κ3) is 5.40. The first-order valence-electron chi connectivity index (χ1n) is 18.1. The van der Waals surface area contributed by atoms with Gasteiger partial charge in [-0.1, -0.05) is 176 Å². The zero-order valence-electron chi connectivity index (χ0n) is 29.0. The third-order valence-corrected chi connectivity index (χ3v) is 10.4. The molecule has 0 aliphatic heterocycles. The zero-order chi connectivity index (χ0) is 35.1. The largest absolute Gasteiger partial charge is 0.292 e. The molecular formula is C51H34N2. The molecule has 0 bridgehead atoms. The van der Waals surface area contributed by atoms with Gasteiger partial charge in [-0.2, -0.15) is 0 Å². The Morgan fingerprint density at radius 2 is 0.736 bits per heavy atom. The van der Waals surface area contributed by atoms with Crippen molar-refractivity contribution in [2.45, 2.75) is 0 Å². The van der Waals surface area contributed by atoms with E-state index in [1.54, 1.807) is 0 Å². The Labute approximate surface area is 308 Å². The quantitative estimate of drug-likeness (QED) is 0.161. The topological polar surface area (TPSA) is 17.8 Å². The van der Waals surface area contributed by atoms with Crippen LogP contribution in [0.3, 0.4) is 0 Å². The predicted molar refractivity (Wildman–Crippen MR) is 223 cm³/mol. The minimum Gasteiger partial charge on any atom is -0.292 e. The smallest absolute Gasteiger partial charge is 0.145 e. The summed E-state index contributed by atoms with van der Waals surface area (Å²) >= 11 is 0. The maximum Gasteiger partial charge on any atom is 0.145 e. The second-order valence-corrected chi connectivity index (χ2v) is 13.5. The van der Waals surface area contributed by atoms with Gasteiger partial charge in [-0.3, -0.25) is 4.57 Å². The summed E-state index contributed by atoms with van der Waals surface area (Å²) in [6.07, 6.45) is 0. The van der Waals surface area contributed by atoms with E-state index in [-0.39, 0.29) is 0 Å². The van der Waals surface area contributed by atoms with Crippen molar-refractivity contribution in [1.82, 2.24) is 9.55 Å². The molecule has 0 amide bonds. The van der Waals surface area contributed by atoms with Gasteiger partial charge >= 0.3 is 0 Å². The summed E-state index contributed by atoms with van der Waals surface area (Å²) in [4.78, 5) is 5.22. The summed E-state index contributed by atoms with van der Waals surface area (Å²) in [5, 5.41) is 5.02. The second kappa shape index (κ2) is 12.9. The molecule has 10 aromatic rings. The van der Waals surface area contributed by atoms with Gasteiger partial charge in [0.05, 0.1) is 11.0 Å². The maximum atomic E-state index is 5.22. The van der Waals surface area contributed by atoms with Crippen LogP contribution in [0.4, 0.5) is 0 Å². The van der Waals surface area contributed by atoms with Crippen molar-refractivity contribution in [3.8, 4) is 61.6 Å². The first kappa shape index (κ1) is 30.8. The van der Waals surface area contributed by atoms with E-state index in [2.05, 4.69) is 211 Å². The van der Waals surface area contributed by atoms with Crippen LogP contribution in [0.2, 0.25) is 0 Å². The number of fused-ring (bicyclic) bond motifs is 3. The van der Waals surface area contributed by atoms with Gasteiger partial charge in [-0.05, 0) is 96.4 Å². The number of benzene rings is 9. The number of nitrogens with zero attached hydrogens (tertiary/aromatic N) is 2. The monoisotopic (exact) mass is 674 g/mol. The van der Waals surface area contributed by atoms with Crippen LogP contribution in [0.15, 0.2) is 206 Å². The van der Waals surface area contributed by atoms with Crippen molar-refractivity contribution >= 4 is 32.6 Å². The van der Waals surface area contributed by atoms with Crippen molar-refractivity contribution in [1.29, 1.82) is 0 Å². The maximum absolute atomic E-state index is 5.22. The van der Waals surface area contributed by atoms with E-state index in [4.69, 9.17) is 4.98 Å². The average Bonchev–Trinajstić information content (AvgIpc) is 3.63. The van der Waals surface area contributed by atoms with Crippen LogP contribution in [-0.2, 0) is 0 Å². The van der Waals surface area contributed by atoms with E-state index in [9.17, 15) is 0 Å². The molecule has 53 heavy (non-hydrogen) atoms. The fourth-order valence-electron chi connectivity index (χ4n) is 7.93. The van der Waals surface area contributed by atoms with Crippen molar-refractivity contribution in [2.75, 3.05) is 0 Å². The zero-order valence-corrected chi connectivity index (χ0v) is 29.0. The van der Waals surface area contributed by atoms with E-state index in [0.717, 1.165) is 33.7 Å². The first-order chi connectivity index (χ1) is 26.3. The van der Waals surface area contributed by atoms with E-state index < -0.39 is 0 Å². The molecule has 0 saturated heterocycles. The van der Waals surface area contributed by atoms with E-state index in [1.165, 1.54) is 60.5 Å². The molecule has 0 unspecified atom stereocenters. The van der Waals surface area contributed by atoms with Crippen LogP contribution in [0, 0.1) is 0 Å². The molecule has 1 aromatic heterocycles. The minimum absolute atomic E-state index is 0.928. The van der Waals surface area contributed by atoms with Crippen molar-refractivity contribution < 1.29 is 0 Å². The Bertz CT molecular complexity index is 2890. The highest BCUT2D eigenvalue weighted by Crippen LogP contribution is 2.45. The van der Waals surface area contributed by atoms with Crippen LogP contribution in [-0.4, -0.2) is 9.55 Å². The fraction of sp³-hybridized carbons (Fsp3) is 0. The molecule has 0 fully saturated rings. The molecule has 0 aliphatic rings. The molecule has 9 aromatic carbocycles. The molecular weight excluding hydrogens is 641 g/mol. The molecule has 248 valence electrons. The van der Waals surface area contributed by atoms with Crippen LogP contribution in [0.1, 0.15) is 0 Å². The molecule has 2 heteroatoms. The normalized spacial score (nSPS) is 11.4. The summed E-state index contributed by atoms with van der Waals surface area (Å²) in [6.45, 7) is 0.